The lowest BCUT2D eigenvalue weighted by atomic mass is 9.80. The highest BCUT2D eigenvalue weighted by Gasteiger charge is 2.45. The van der Waals surface area contributed by atoms with E-state index in [1.54, 1.807) is 6.07 Å². The van der Waals surface area contributed by atoms with Crippen LogP contribution in [0.15, 0.2) is 18.2 Å². The Kier molecular flexibility index (Phi) is 3.04. The third kappa shape index (κ3) is 2.24. The number of nitriles is 1. The van der Waals surface area contributed by atoms with Crippen molar-refractivity contribution in [1.29, 1.82) is 5.26 Å². The van der Waals surface area contributed by atoms with Crippen LogP contribution in [0.5, 0.6) is 0 Å². The summed E-state index contributed by atoms with van der Waals surface area (Å²) in [6, 6.07) is 6.39. The molecule has 3 nitrogen and oxygen atoms in total. The molecule has 0 aliphatic carbocycles. The van der Waals surface area contributed by atoms with Gasteiger partial charge >= 0.3 is 0 Å². The first-order chi connectivity index (χ1) is 9.10. The molecule has 0 amide bonds. The van der Waals surface area contributed by atoms with Crippen molar-refractivity contribution in [3.63, 3.8) is 0 Å². The average Bonchev–Trinajstić information content (AvgIpc) is 2.72. The fourth-order valence-corrected chi connectivity index (χ4v) is 3.36. The minimum Gasteiger partial charge on any atom is -0.385 e. The van der Waals surface area contributed by atoms with Gasteiger partial charge in [0.2, 0.25) is 0 Å². The van der Waals surface area contributed by atoms with Gasteiger partial charge in [-0.2, -0.15) is 5.26 Å². The molecule has 3 rings (SSSR count). The first-order valence-corrected chi connectivity index (χ1v) is 6.64. The Hall–Kier alpha value is -1.44. The summed E-state index contributed by atoms with van der Waals surface area (Å²) in [6.07, 6.45) is 3.19. The van der Waals surface area contributed by atoms with Gasteiger partial charge in [0.05, 0.1) is 30.3 Å². The van der Waals surface area contributed by atoms with Crippen LogP contribution >= 0.6 is 0 Å². The first-order valence-electron chi connectivity index (χ1n) is 6.64. The molecule has 1 aromatic rings. The molecule has 19 heavy (non-hydrogen) atoms. The highest BCUT2D eigenvalue weighted by atomic mass is 19.1. The highest BCUT2D eigenvalue weighted by molar-refractivity contribution is 5.35. The summed E-state index contributed by atoms with van der Waals surface area (Å²) in [5.74, 6) is -0.371. The topological polar surface area (TPSA) is 53.2 Å². The molecule has 0 saturated carbocycles. The van der Waals surface area contributed by atoms with Gasteiger partial charge in [-0.05, 0) is 36.1 Å². The van der Waals surface area contributed by atoms with Gasteiger partial charge in [0, 0.05) is 12.8 Å². The summed E-state index contributed by atoms with van der Waals surface area (Å²) in [4.78, 5) is 0. The number of ether oxygens (including phenoxy) is 1. The van der Waals surface area contributed by atoms with Gasteiger partial charge in [0.15, 0.2) is 0 Å². The molecule has 2 unspecified atom stereocenters. The van der Waals surface area contributed by atoms with Crippen LogP contribution in [-0.4, -0.2) is 17.3 Å². The fraction of sp³-hybridized carbons (Fsp3) is 0.533. The molecular weight excluding hydrogens is 245 g/mol. The van der Waals surface area contributed by atoms with Crippen LogP contribution in [0.3, 0.4) is 0 Å². The Morgan fingerprint density at radius 1 is 1.37 bits per heavy atom. The van der Waals surface area contributed by atoms with Crippen LogP contribution in [0.2, 0.25) is 0 Å². The third-order valence-electron chi connectivity index (χ3n) is 4.17. The van der Waals surface area contributed by atoms with Crippen molar-refractivity contribution < 1.29 is 14.2 Å². The van der Waals surface area contributed by atoms with E-state index >= 15 is 0 Å². The number of rotatable bonds is 2. The summed E-state index contributed by atoms with van der Waals surface area (Å²) in [5, 5.41) is 19.8. The van der Waals surface area contributed by atoms with Gasteiger partial charge in [0.25, 0.3) is 0 Å². The molecule has 2 aliphatic heterocycles. The molecule has 4 heteroatoms. The minimum absolute atomic E-state index is 0.0574. The smallest absolute Gasteiger partial charge is 0.123 e. The Morgan fingerprint density at radius 3 is 2.68 bits per heavy atom. The third-order valence-corrected chi connectivity index (χ3v) is 4.17. The van der Waals surface area contributed by atoms with Gasteiger partial charge in [-0.15, -0.1) is 0 Å². The standard InChI is InChI=1S/C15H16FNO2/c16-11-2-1-10(5-6-17)14(7-11)15(18)8-12-3-4-13(9-15)19-12/h1-2,7,12-13,18H,3-5,8-9H2. The van der Waals surface area contributed by atoms with Crippen LogP contribution in [0.1, 0.15) is 36.8 Å². The number of aliphatic hydroxyl groups is 1. The Balaban J connectivity index is 2.00. The van der Waals surface area contributed by atoms with Gasteiger partial charge in [-0.3, -0.25) is 0 Å². The molecule has 2 fully saturated rings. The van der Waals surface area contributed by atoms with Crippen molar-refractivity contribution in [3.8, 4) is 6.07 Å². The van der Waals surface area contributed by atoms with E-state index in [-0.39, 0.29) is 24.4 Å². The van der Waals surface area contributed by atoms with E-state index in [1.165, 1.54) is 12.1 Å². The maximum Gasteiger partial charge on any atom is 0.123 e. The average molecular weight is 261 g/mol. The maximum atomic E-state index is 13.5. The predicted octanol–water partition coefficient (Wildman–Crippen LogP) is 2.42. The molecule has 2 saturated heterocycles. The van der Waals surface area contributed by atoms with Crippen molar-refractivity contribution in [2.24, 2.45) is 0 Å². The van der Waals surface area contributed by atoms with E-state index in [2.05, 4.69) is 6.07 Å². The van der Waals surface area contributed by atoms with Crippen LogP contribution < -0.4 is 0 Å². The lowest BCUT2D eigenvalue weighted by molar-refractivity contribution is -0.116. The van der Waals surface area contributed by atoms with Gasteiger partial charge in [-0.1, -0.05) is 6.07 Å². The summed E-state index contributed by atoms with van der Waals surface area (Å²) in [6.45, 7) is 0. The Labute approximate surface area is 111 Å². The van der Waals surface area contributed by atoms with E-state index in [9.17, 15) is 9.50 Å². The molecule has 100 valence electrons. The Morgan fingerprint density at radius 2 is 2.05 bits per heavy atom. The van der Waals surface area contributed by atoms with Crippen molar-refractivity contribution in [3.05, 3.63) is 35.1 Å². The van der Waals surface area contributed by atoms with Crippen molar-refractivity contribution >= 4 is 0 Å². The zero-order valence-electron chi connectivity index (χ0n) is 10.6. The van der Waals surface area contributed by atoms with Crippen molar-refractivity contribution in [1.82, 2.24) is 0 Å². The predicted molar refractivity (Wildman–Crippen MR) is 66.7 cm³/mol. The second-order valence-corrected chi connectivity index (χ2v) is 5.53. The molecule has 1 N–H and O–H groups in total. The molecule has 2 bridgehead atoms. The molecule has 2 aliphatic rings. The van der Waals surface area contributed by atoms with Crippen molar-refractivity contribution in [2.45, 2.75) is 49.9 Å². The highest BCUT2D eigenvalue weighted by Crippen LogP contribution is 2.45. The monoisotopic (exact) mass is 261 g/mol. The number of halogens is 1. The molecule has 1 aromatic carbocycles. The van der Waals surface area contributed by atoms with Crippen LogP contribution in [0.25, 0.3) is 0 Å². The lowest BCUT2D eigenvalue weighted by Crippen LogP contribution is -2.39. The summed E-state index contributed by atoms with van der Waals surface area (Å²) in [5.41, 5.74) is 0.222. The zero-order valence-corrected chi connectivity index (χ0v) is 10.6. The number of hydrogen-bond donors (Lipinski definition) is 1. The first kappa shape index (κ1) is 12.6. The quantitative estimate of drug-likeness (QED) is 0.889. The Bertz CT molecular complexity index is 525. The second kappa shape index (κ2) is 4.59. The van der Waals surface area contributed by atoms with Gasteiger partial charge in [0.1, 0.15) is 5.82 Å². The fourth-order valence-electron chi connectivity index (χ4n) is 3.36. The lowest BCUT2D eigenvalue weighted by Gasteiger charge is -2.37. The van der Waals surface area contributed by atoms with E-state index in [1.807, 2.05) is 0 Å². The van der Waals surface area contributed by atoms with Crippen LogP contribution in [0, 0.1) is 17.1 Å². The summed E-state index contributed by atoms with van der Waals surface area (Å²) in [7, 11) is 0. The molecule has 0 radical (unpaired) electrons. The van der Waals surface area contributed by atoms with E-state index < -0.39 is 5.60 Å². The van der Waals surface area contributed by atoms with Crippen LogP contribution in [0.4, 0.5) is 4.39 Å². The minimum atomic E-state index is -1.06. The number of nitrogens with zero attached hydrogens (tertiary/aromatic N) is 1. The van der Waals surface area contributed by atoms with E-state index in [0.29, 0.717) is 24.0 Å². The van der Waals surface area contributed by atoms with Crippen molar-refractivity contribution in [2.75, 3.05) is 0 Å². The van der Waals surface area contributed by atoms with Gasteiger partial charge < -0.3 is 9.84 Å². The largest absolute Gasteiger partial charge is 0.385 e. The van der Waals surface area contributed by atoms with Crippen LogP contribution in [-0.2, 0) is 16.8 Å². The molecular formula is C15H16FNO2. The molecule has 0 spiro atoms. The summed E-state index contributed by atoms with van der Waals surface area (Å²) < 4.78 is 19.2. The zero-order chi connectivity index (χ0) is 13.5. The summed E-state index contributed by atoms with van der Waals surface area (Å²) >= 11 is 0. The SMILES string of the molecule is N#CCc1ccc(F)cc1C1(O)CC2CCC(C1)O2. The molecule has 2 heterocycles. The number of fused-ring (bicyclic) bond motifs is 2. The van der Waals surface area contributed by atoms with E-state index in [4.69, 9.17) is 10.00 Å². The molecule has 2 atom stereocenters. The van der Waals surface area contributed by atoms with Gasteiger partial charge in [-0.25, -0.2) is 4.39 Å². The normalized spacial score (nSPS) is 33.1. The second-order valence-electron chi connectivity index (χ2n) is 5.53. The van der Waals surface area contributed by atoms with E-state index in [0.717, 1.165) is 12.8 Å². The number of benzene rings is 1. The molecule has 0 aromatic heterocycles. The number of hydrogen-bond acceptors (Lipinski definition) is 3. The maximum absolute atomic E-state index is 13.5.